The molecule has 0 spiro atoms. The molecule has 1 aromatic heterocycles. The molecule has 0 aliphatic carbocycles. The second-order valence-corrected chi connectivity index (χ2v) is 3.67. The number of unbranched alkanes of at least 4 members (excludes halogenated alkanes) is 3. The number of aliphatic hydroxyl groups excluding tert-OH is 1. The smallest absolute Gasteiger partial charge is 0.243 e. The van der Waals surface area contributed by atoms with Gasteiger partial charge in [0.2, 0.25) is 6.33 Å². The van der Waals surface area contributed by atoms with Crippen LogP contribution in [0.5, 0.6) is 0 Å². The van der Waals surface area contributed by atoms with Crippen molar-refractivity contribution in [2.45, 2.75) is 45.7 Å². The van der Waals surface area contributed by atoms with Crippen molar-refractivity contribution in [1.29, 1.82) is 0 Å². The van der Waals surface area contributed by atoms with Crippen molar-refractivity contribution in [1.82, 2.24) is 4.57 Å². The highest BCUT2D eigenvalue weighted by molar-refractivity contribution is 4.65. The number of rotatable bonds is 7. The molecule has 80 valence electrons. The molecular weight excluding hydrogens is 176 g/mol. The molecule has 3 heteroatoms. The summed E-state index contributed by atoms with van der Waals surface area (Å²) in [5.41, 5.74) is 0. The first-order valence-electron chi connectivity index (χ1n) is 5.52. The van der Waals surface area contributed by atoms with Crippen LogP contribution in [0.3, 0.4) is 0 Å². The number of aliphatic hydroxyl groups is 1. The lowest BCUT2D eigenvalue weighted by Crippen LogP contribution is -2.30. The van der Waals surface area contributed by atoms with Gasteiger partial charge in [0.15, 0.2) is 0 Å². The van der Waals surface area contributed by atoms with E-state index in [0.717, 1.165) is 6.54 Å². The van der Waals surface area contributed by atoms with Crippen molar-refractivity contribution in [3.8, 4) is 0 Å². The van der Waals surface area contributed by atoms with Gasteiger partial charge in [-0.15, -0.1) is 0 Å². The van der Waals surface area contributed by atoms with Gasteiger partial charge in [0.1, 0.15) is 18.9 Å². The van der Waals surface area contributed by atoms with Crippen LogP contribution in [-0.2, 0) is 13.1 Å². The van der Waals surface area contributed by atoms with Gasteiger partial charge in [-0.2, -0.15) is 0 Å². The quantitative estimate of drug-likeness (QED) is 0.519. The van der Waals surface area contributed by atoms with Crippen molar-refractivity contribution >= 4 is 0 Å². The Morgan fingerprint density at radius 3 is 2.86 bits per heavy atom. The monoisotopic (exact) mass is 197 g/mol. The van der Waals surface area contributed by atoms with E-state index < -0.39 is 0 Å². The molecule has 0 aromatic carbocycles. The second kappa shape index (κ2) is 6.60. The highest BCUT2D eigenvalue weighted by atomic mass is 16.3. The van der Waals surface area contributed by atoms with Gasteiger partial charge >= 0.3 is 0 Å². The summed E-state index contributed by atoms with van der Waals surface area (Å²) in [5, 5.41) is 8.74. The summed E-state index contributed by atoms with van der Waals surface area (Å²) in [7, 11) is 0. The van der Waals surface area contributed by atoms with E-state index in [0.29, 0.717) is 6.54 Å². The van der Waals surface area contributed by atoms with Crippen LogP contribution in [0, 0.1) is 0 Å². The number of nitrogens with zero attached hydrogens (tertiary/aromatic N) is 2. The van der Waals surface area contributed by atoms with Crippen molar-refractivity contribution < 1.29 is 9.67 Å². The minimum atomic E-state index is 0.213. The Morgan fingerprint density at radius 2 is 2.14 bits per heavy atom. The average molecular weight is 197 g/mol. The molecule has 0 unspecified atom stereocenters. The molecule has 0 aliphatic heterocycles. The highest BCUT2D eigenvalue weighted by Crippen LogP contribution is 1.98. The van der Waals surface area contributed by atoms with Gasteiger partial charge in [-0.05, 0) is 12.8 Å². The molecule has 0 amide bonds. The lowest BCUT2D eigenvalue weighted by atomic mass is 10.2. The van der Waals surface area contributed by atoms with E-state index in [9.17, 15) is 0 Å². The van der Waals surface area contributed by atoms with E-state index in [1.54, 1.807) is 0 Å². The molecular formula is C11H21N2O+. The molecule has 1 rings (SSSR count). The Morgan fingerprint density at radius 1 is 1.29 bits per heavy atom. The Balaban J connectivity index is 2.22. The van der Waals surface area contributed by atoms with Crippen LogP contribution in [0.4, 0.5) is 0 Å². The first-order valence-corrected chi connectivity index (χ1v) is 5.52. The van der Waals surface area contributed by atoms with Gasteiger partial charge in [-0.25, -0.2) is 9.13 Å². The van der Waals surface area contributed by atoms with Crippen molar-refractivity contribution in [2.75, 3.05) is 6.61 Å². The van der Waals surface area contributed by atoms with Crippen LogP contribution in [-0.4, -0.2) is 16.3 Å². The lowest BCUT2D eigenvalue weighted by molar-refractivity contribution is -0.696. The first kappa shape index (κ1) is 11.2. The molecule has 3 nitrogen and oxygen atoms in total. The van der Waals surface area contributed by atoms with Crippen LogP contribution >= 0.6 is 0 Å². The van der Waals surface area contributed by atoms with E-state index in [4.69, 9.17) is 5.11 Å². The molecule has 0 atom stereocenters. The standard InChI is InChI=1S/C11H21N2O/c1-2-3-4-5-6-12-7-8-13(11-12)9-10-14/h7-8,11,14H,2-6,9-10H2,1H3/q+1. The summed E-state index contributed by atoms with van der Waals surface area (Å²) in [5.74, 6) is 0. The van der Waals surface area contributed by atoms with Gasteiger partial charge in [0.05, 0.1) is 13.2 Å². The Bertz CT molecular complexity index is 245. The fourth-order valence-corrected chi connectivity index (χ4v) is 1.54. The van der Waals surface area contributed by atoms with E-state index in [-0.39, 0.29) is 6.61 Å². The average Bonchev–Trinajstić information content (AvgIpc) is 2.61. The van der Waals surface area contributed by atoms with E-state index in [2.05, 4.69) is 24.0 Å². The molecule has 0 aliphatic rings. The lowest BCUT2D eigenvalue weighted by Gasteiger charge is -1.96. The van der Waals surface area contributed by atoms with Gasteiger partial charge < -0.3 is 5.11 Å². The zero-order chi connectivity index (χ0) is 10.2. The molecule has 0 saturated heterocycles. The van der Waals surface area contributed by atoms with Gasteiger partial charge in [-0.1, -0.05) is 19.8 Å². The highest BCUT2D eigenvalue weighted by Gasteiger charge is 2.01. The minimum absolute atomic E-state index is 0.213. The molecule has 0 radical (unpaired) electrons. The third kappa shape index (κ3) is 3.92. The fourth-order valence-electron chi connectivity index (χ4n) is 1.54. The zero-order valence-corrected chi connectivity index (χ0v) is 9.02. The van der Waals surface area contributed by atoms with Crippen molar-refractivity contribution in [2.24, 2.45) is 0 Å². The number of hydrogen-bond donors (Lipinski definition) is 1. The van der Waals surface area contributed by atoms with Crippen LogP contribution in [0.1, 0.15) is 32.6 Å². The maximum atomic E-state index is 8.74. The third-order valence-electron chi connectivity index (χ3n) is 2.37. The zero-order valence-electron chi connectivity index (χ0n) is 9.02. The second-order valence-electron chi connectivity index (χ2n) is 3.67. The molecule has 0 fully saturated rings. The molecule has 14 heavy (non-hydrogen) atoms. The summed E-state index contributed by atoms with van der Waals surface area (Å²) in [6, 6.07) is 0. The number of hydrogen-bond acceptors (Lipinski definition) is 1. The SMILES string of the molecule is CCCCCC[n+]1ccn(CCO)c1. The third-order valence-corrected chi connectivity index (χ3v) is 2.37. The Kier molecular flexibility index (Phi) is 5.30. The number of imidazole rings is 1. The van der Waals surface area contributed by atoms with Crippen LogP contribution in [0.15, 0.2) is 18.7 Å². The molecule has 1 N–H and O–H groups in total. The molecule has 0 saturated carbocycles. The van der Waals surface area contributed by atoms with Gasteiger partial charge in [0.25, 0.3) is 0 Å². The maximum absolute atomic E-state index is 8.74. The van der Waals surface area contributed by atoms with E-state index in [1.807, 2.05) is 10.8 Å². The summed E-state index contributed by atoms with van der Waals surface area (Å²) >= 11 is 0. The maximum Gasteiger partial charge on any atom is 0.243 e. The van der Waals surface area contributed by atoms with Gasteiger partial charge in [-0.3, -0.25) is 0 Å². The Labute approximate surface area is 86.0 Å². The van der Waals surface area contributed by atoms with Gasteiger partial charge in [0, 0.05) is 0 Å². The normalized spacial score (nSPS) is 10.7. The van der Waals surface area contributed by atoms with Crippen LogP contribution < -0.4 is 4.57 Å². The van der Waals surface area contributed by atoms with Crippen LogP contribution in [0.2, 0.25) is 0 Å². The summed E-state index contributed by atoms with van der Waals surface area (Å²) in [4.78, 5) is 0. The predicted octanol–water partition coefficient (Wildman–Crippen LogP) is 1.35. The van der Waals surface area contributed by atoms with Crippen molar-refractivity contribution in [3.05, 3.63) is 18.7 Å². The first-order chi connectivity index (χ1) is 6.86. The van der Waals surface area contributed by atoms with Crippen molar-refractivity contribution in [3.63, 3.8) is 0 Å². The Hall–Kier alpha value is -0.830. The van der Waals surface area contributed by atoms with Crippen LogP contribution in [0.25, 0.3) is 0 Å². The number of aromatic nitrogens is 2. The molecule has 0 bridgehead atoms. The van der Waals surface area contributed by atoms with E-state index in [1.165, 1.54) is 25.7 Å². The predicted molar refractivity (Wildman–Crippen MR) is 55.9 cm³/mol. The fraction of sp³-hybridized carbons (Fsp3) is 0.727. The summed E-state index contributed by atoms with van der Waals surface area (Å²) in [6.45, 7) is 4.23. The topological polar surface area (TPSA) is 29.0 Å². The summed E-state index contributed by atoms with van der Waals surface area (Å²) in [6.07, 6.45) is 11.3. The number of aryl methyl sites for hydroxylation is 1. The minimum Gasteiger partial charge on any atom is -0.392 e. The molecule has 1 heterocycles. The summed E-state index contributed by atoms with van der Waals surface area (Å²) < 4.78 is 4.20. The largest absolute Gasteiger partial charge is 0.392 e. The van der Waals surface area contributed by atoms with E-state index >= 15 is 0 Å². The molecule has 1 aromatic rings.